The molecular weight excluding hydrogens is 200 g/mol. The van der Waals surface area contributed by atoms with Crippen molar-refractivity contribution in [1.82, 2.24) is 15.3 Å². The summed E-state index contributed by atoms with van der Waals surface area (Å²) in [5, 5.41) is 3.14. The van der Waals surface area contributed by atoms with Crippen molar-refractivity contribution in [2.45, 2.75) is 26.2 Å². The van der Waals surface area contributed by atoms with Crippen molar-refractivity contribution in [3.8, 4) is 0 Å². The molecule has 0 saturated carbocycles. The summed E-state index contributed by atoms with van der Waals surface area (Å²) in [7, 11) is 4.05. The summed E-state index contributed by atoms with van der Waals surface area (Å²) in [5.74, 6) is 1.46. The Labute approximate surface area is 98.1 Å². The van der Waals surface area contributed by atoms with Gasteiger partial charge in [-0.05, 0) is 25.9 Å². The van der Waals surface area contributed by atoms with Crippen molar-refractivity contribution in [2.75, 3.05) is 32.1 Å². The molecule has 0 amide bonds. The largest absolute Gasteiger partial charge is 0.360 e. The Morgan fingerprint density at radius 3 is 2.75 bits per heavy atom. The molecule has 0 aromatic carbocycles. The van der Waals surface area contributed by atoms with Gasteiger partial charge in [0.1, 0.15) is 12.1 Å². The summed E-state index contributed by atoms with van der Waals surface area (Å²) < 4.78 is 0. The van der Waals surface area contributed by atoms with Crippen LogP contribution in [0.4, 0.5) is 5.82 Å². The number of nitrogens with zero attached hydrogens (tertiary/aromatic N) is 3. The highest BCUT2D eigenvalue weighted by molar-refractivity contribution is 5.38. The highest BCUT2D eigenvalue weighted by Gasteiger charge is 2.06. The molecule has 0 bridgehead atoms. The average molecular weight is 222 g/mol. The fourth-order valence-electron chi connectivity index (χ4n) is 1.49. The first kappa shape index (κ1) is 12.9. The highest BCUT2D eigenvalue weighted by Crippen LogP contribution is 2.15. The van der Waals surface area contributed by atoms with Crippen LogP contribution in [0.1, 0.15) is 31.9 Å². The third kappa shape index (κ3) is 3.77. The van der Waals surface area contributed by atoms with E-state index in [0.29, 0.717) is 5.92 Å². The number of anilines is 1. The van der Waals surface area contributed by atoms with E-state index in [-0.39, 0.29) is 0 Å². The van der Waals surface area contributed by atoms with E-state index in [2.05, 4.69) is 47.1 Å². The average Bonchev–Trinajstić information content (AvgIpc) is 2.29. The lowest BCUT2D eigenvalue weighted by atomic mass is 10.1. The summed E-state index contributed by atoms with van der Waals surface area (Å²) in [6, 6.07) is 2.07. The van der Waals surface area contributed by atoms with Gasteiger partial charge in [-0.25, -0.2) is 9.97 Å². The van der Waals surface area contributed by atoms with Crippen LogP contribution in [0.3, 0.4) is 0 Å². The van der Waals surface area contributed by atoms with E-state index in [0.717, 1.165) is 31.0 Å². The van der Waals surface area contributed by atoms with Crippen LogP contribution in [-0.4, -0.2) is 37.2 Å². The van der Waals surface area contributed by atoms with Crippen LogP contribution in [-0.2, 0) is 0 Å². The molecule has 1 rings (SSSR count). The minimum Gasteiger partial charge on any atom is -0.360 e. The summed E-state index contributed by atoms with van der Waals surface area (Å²) in [6.45, 7) is 6.34. The molecule has 0 aliphatic heterocycles. The van der Waals surface area contributed by atoms with Crippen molar-refractivity contribution in [3.05, 3.63) is 18.1 Å². The Hall–Kier alpha value is -1.16. The molecule has 0 unspecified atom stereocenters. The molecular formula is C12H22N4. The smallest absolute Gasteiger partial charge is 0.131 e. The van der Waals surface area contributed by atoms with Crippen molar-refractivity contribution < 1.29 is 0 Å². The third-order valence-electron chi connectivity index (χ3n) is 2.58. The normalized spacial score (nSPS) is 10.8. The number of hydrogen-bond acceptors (Lipinski definition) is 4. The van der Waals surface area contributed by atoms with Crippen LogP contribution >= 0.6 is 0 Å². The predicted molar refractivity (Wildman–Crippen MR) is 67.9 cm³/mol. The Morgan fingerprint density at radius 2 is 2.12 bits per heavy atom. The van der Waals surface area contributed by atoms with Gasteiger partial charge in [0.2, 0.25) is 0 Å². The zero-order valence-electron chi connectivity index (χ0n) is 10.7. The van der Waals surface area contributed by atoms with Gasteiger partial charge < -0.3 is 10.2 Å². The van der Waals surface area contributed by atoms with Crippen molar-refractivity contribution in [2.24, 2.45) is 0 Å². The summed E-state index contributed by atoms with van der Waals surface area (Å²) in [6.07, 6.45) is 2.77. The number of aromatic nitrogens is 2. The predicted octanol–water partition coefficient (Wildman–Crippen LogP) is 1.65. The fraction of sp³-hybridized carbons (Fsp3) is 0.667. The Kier molecular flexibility index (Phi) is 5.19. The quantitative estimate of drug-likeness (QED) is 0.743. The molecule has 0 fully saturated rings. The van der Waals surface area contributed by atoms with Gasteiger partial charge >= 0.3 is 0 Å². The molecule has 0 radical (unpaired) electrons. The molecule has 0 aliphatic rings. The number of rotatable bonds is 6. The molecule has 1 N–H and O–H groups in total. The Balaban J connectivity index is 2.60. The van der Waals surface area contributed by atoms with Gasteiger partial charge in [-0.15, -0.1) is 0 Å². The maximum absolute atomic E-state index is 4.29. The zero-order chi connectivity index (χ0) is 12.0. The van der Waals surface area contributed by atoms with Gasteiger partial charge in [0.25, 0.3) is 0 Å². The van der Waals surface area contributed by atoms with Gasteiger partial charge in [0.05, 0.1) is 0 Å². The van der Waals surface area contributed by atoms with Gasteiger partial charge in [-0.3, -0.25) is 0 Å². The molecule has 4 nitrogen and oxygen atoms in total. The van der Waals surface area contributed by atoms with Crippen molar-refractivity contribution in [3.63, 3.8) is 0 Å². The van der Waals surface area contributed by atoms with E-state index in [1.54, 1.807) is 6.33 Å². The minimum absolute atomic E-state index is 0.451. The summed E-state index contributed by atoms with van der Waals surface area (Å²) >= 11 is 0. The van der Waals surface area contributed by atoms with Gasteiger partial charge in [0, 0.05) is 25.4 Å². The second-order valence-electron chi connectivity index (χ2n) is 4.33. The second-order valence-corrected chi connectivity index (χ2v) is 4.33. The lowest BCUT2D eigenvalue weighted by Crippen LogP contribution is -2.23. The highest BCUT2D eigenvalue weighted by atomic mass is 15.2. The molecule has 90 valence electrons. The van der Waals surface area contributed by atoms with Crippen LogP contribution in [0.2, 0.25) is 0 Å². The van der Waals surface area contributed by atoms with Crippen LogP contribution in [0, 0.1) is 0 Å². The molecule has 1 aromatic heterocycles. The molecule has 16 heavy (non-hydrogen) atoms. The molecule has 4 heteroatoms. The molecule has 0 saturated heterocycles. The second kappa shape index (κ2) is 6.43. The van der Waals surface area contributed by atoms with E-state index >= 15 is 0 Å². The maximum Gasteiger partial charge on any atom is 0.131 e. The number of hydrogen-bond donors (Lipinski definition) is 1. The Morgan fingerprint density at radius 1 is 1.38 bits per heavy atom. The van der Waals surface area contributed by atoms with Crippen LogP contribution < -0.4 is 10.2 Å². The zero-order valence-corrected chi connectivity index (χ0v) is 10.7. The minimum atomic E-state index is 0.451. The van der Waals surface area contributed by atoms with E-state index in [1.807, 2.05) is 7.05 Å². The van der Waals surface area contributed by atoms with Gasteiger partial charge in [-0.1, -0.05) is 13.8 Å². The first-order valence-corrected chi connectivity index (χ1v) is 5.82. The first-order chi connectivity index (χ1) is 7.65. The molecule has 0 atom stereocenters. The first-order valence-electron chi connectivity index (χ1n) is 5.82. The monoisotopic (exact) mass is 222 g/mol. The van der Waals surface area contributed by atoms with Crippen LogP contribution in [0.5, 0.6) is 0 Å². The SMILES string of the molecule is CNCCCN(C)c1cc(C(C)C)ncn1. The van der Waals surface area contributed by atoms with Crippen LogP contribution in [0.25, 0.3) is 0 Å². The van der Waals surface area contributed by atoms with Gasteiger partial charge in [-0.2, -0.15) is 0 Å². The molecule has 0 spiro atoms. The fourth-order valence-corrected chi connectivity index (χ4v) is 1.49. The number of nitrogens with one attached hydrogen (secondary N) is 1. The van der Waals surface area contributed by atoms with Crippen molar-refractivity contribution in [1.29, 1.82) is 0 Å². The van der Waals surface area contributed by atoms with Crippen LogP contribution in [0.15, 0.2) is 12.4 Å². The van der Waals surface area contributed by atoms with E-state index in [4.69, 9.17) is 0 Å². The Bertz CT molecular complexity index is 312. The van der Waals surface area contributed by atoms with E-state index in [9.17, 15) is 0 Å². The lowest BCUT2D eigenvalue weighted by Gasteiger charge is -2.18. The standard InChI is InChI=1S/C12H22N4/c1-10(2)11-8-12(15-9-14-11)16(4)7-5-6-13-3/h8-10,13H,5-7H2,1-4H3. The molecule has 1 aromatic rings. The van der Waals surface area contributed by atoms with Gasteiger partial charge in [0.15, 0.2) is 0 Å². The van der Waals surface area contributed by atoms with E-state index in [1.165, 1.54) is 0 Å². The summed E-state index contributed by atoms with van der Waals surface area (Å²) in [4.78, 5) is 10.7. The lowest BCUT2D eigenvalue weighted by molar-refractivity contribution is 0.706. The molecule has 0 aliphatic carbocycles. The maximum atomic E-state index is 4.29. The molecule has 1 heterocycles. The topological polar surface area (TPSA) is 41.0 Å². The van der Waals surface area contributed by atoms with E-state index < -0.39 is 0 Å². The third-order valence-corrected chi connectivity index (χ3v) is 2.58. The summed E-state index contributed by atoms with van der Waals surface area (Å²) in [5.41, 5.74) is 1.10. The van der Waals surface area contributed by atoms with Crippen molar-refractivity contribution >= 4 is 5.82 Å².